The molecule has 0 amide bonds. The van der Waals surface area contributed by atoms with Gasteiger partial charge in [-0.3, -0.25) is 0 Å². The third-order valence-corrected chi connectivity index (χ3v) is 2.21. The second kappa shape index (κ2) is 4.76. The van der Waals surface area contributed by atoms with E-state index >= 15 is 0 Å². The molecule has 4 N–H and O–H groups in total. The first-order valence-electron chi connectivity index (χ1n) is 5.32. The highest BCUT2D eigenvalue weighted by molar-refractivity contribution is 5.37. The zero-order valence-electron chi connectivity index (χ0n) is 10.3. The number of nitrogen functional groups attached to an aromatic ring is 1. The van der Waals surface area contributed by atoms with E-state index in [0.717, 1.165) is 5.56 Å². The van der Waals surface area contributed by atoms with Crippen molar-refractivity contribution in [3.8, 4) is 0 Å². The number of β-amino-alcohol motifs (C(OH)–C–C–N with tert-alkyl or cyclic N) is 1. The van der Waals surface area contributed by atoms with Gasteiger partial charge in [0, 0.05) is 12.1 Å². The maximum absolute atomic E-state index is 9.89. The molecule has 0 bridgehead atoms. The zero-order chi connectivity index (χ0) is 12.3. The lowest BCUT2D eigenvalue weighted by molar-refractivity contribution is 0.158. The minimum absolute atomic E-state index is 0.0305. The van der Waals surface area contributed by atoms with Crippen molar-refractivity contribution in [1.82, 2.24) is 15.5 Å². The van der Waals surface area contributed by atoms with E-state index in [-0.39, 0.29) is 5.54 Å². The summed E-state index contributed by atoms with van der Waals surface area (Å²) >= 11 is 0. The molecule has 5 nitrogen and oxygen atoms in total. The molecule has 0 aliphatic rings. The van der Waals surface area contributed by atoms with E-state index in [1.165, 1.54) is 0 Å². The van der Waals surface area contributed by atoms with E-state index in [1.807, 2.05) is 27.7 Å². The summed E-state index contributed by atoms with van der Waals surface area (Å²) in [5.74, 6) is 0.403. The molecule has 0 spiro atoms. The molecule has 0 aliphatic carbocycles. The third kappa shape index (κ3) is 3.75. The number of aromatic nitrogens is 2. The second-order valence-corrected chi connectivity index (χ2v) is 4.98. The fraction of sp³-hybridized carbons (Fsp3) is 0.636. The summed E-state index contributed by atoms with van der Waals surface area (Å²) in [6.45, 7) is 8.41. The van der Waals surface area contributed by atoms with Gasteiger partial charge < -0.3 is 16.2 Å². The Hall–Kier alpha value is -1.20. The number of hydrogen-bond acceptors (Lipinski definition) is 5. The van der Waals surface area contributed by atoms with E-state index in [9.17, 15) is 5.11 Å². The van der Waals surface area contributed by atoms with Crippen LogP contribution in [0.25, 0.3) is 0 Å². The normalized spacial score (nSPS) is 13.8. The molecule has 0 aliphatic heterocycles. The van der Waals surface area contributed by atoms with Crippen molar-refractivity contribution in [3.05, 3.63) is 17.3 Å². The van der Waals surface area contributed by atoms with Crippen molar-refractivity contribution in [2.45, 2.75) is 39.3 Å². The fourth-order valence-corrected chi connectivity index (χ4v) is 1.19. The van der Waals surface area contributed by atoms with Gasteiger partial charge in [-0.1, -0.05) is 0 Å². The number of nitrogens with zero attached hydrogens (tertiary/aromatic N) is 2. The van der Waals surface area contributed by atoms with Crippen LogP contribution in [0.3, 0.4) is 0 Å². The second-order valence-electron chi connectivity index (χ2n) is 4.98. The van der Waals surface area contributed by atoms with Gasteiger partial charge in [-0.05, 0) is 39.3 Å². The van der Waals surface area contributed by atoms with E-state index in [2.05, 4.69) is 15.5 Å². The largest absolute Gasteiger partial charge is 0.385 e. The molecule has 1 unspecified atom stereocenters. The quantitative estimate of drug-likeness (QED) is 0.707. The Morgan fingerprint density at radius 2 is 2.06 bits per heavy atom. The molecule has 0 radical (unpaired) electrons. The van der Waals surface area contributed by atoms with Gasteiger partial charge in [-0.15, -0.1) is 5.10 Å². The van der Waals surface area contributed by atoms with Crippen LogP contribution in [-0.4, -0.2) is 27.4 Å². The highest BCUT2D eigenvalue weighted by Gasteiger charge is 2.15. The van der Waals surface area contributed by atoms with Gasteiger partial charge in [0.15, 0.2) is 0 Å². The molecule has 0 saturated heterocycles. The predicted molar refractivity (Wildman–Crippen MR) is 63.9 cm³/mol. The molecule has 90 valence electrons. The minimum Gasteiger partial charge on any atom is -0.385 e. The smallest absolute Gasteiger partial charge is 0.149 e. The first-order valence-corrected chi connectivity index (χ1v) is 5.32. The Morgan fingerprint density at radius 3 is 2.56 bits per heavy atom. The van der Waals surface area contributed by atoms with Gasteiger partial charge >= 0.3 is 0 Å². The number of nitrogens with one attached hydrogen (secondary N) is 1. The molecule has 1 aromatic rings. The number of aryl methyl sites for hydroxylation is 1. The van der Waals surface area contributed by atoms with Gasteiger partial charge in [0.05, 0.1) is 5.69 Å². The Morgan fingerprint density at radius 1 is 1.44 bits per heavy atom. The average molecular weight is 224 g/mol. The van der Waals surface area contributed by atoms with Gasteiger partial charge in [-0.2, -0.15) is 5.10 Å². The summed E-state index contributed by atoms with van der Waals surface area (Å²) in [4.78, 5) is 0. The first kappa shape index (κ1) is 12.9. The number of nitrogens with two attached hydrogens (primary N) is 1. The highest BCUT2D eigenvalue weighted by atomic mass is 16.3. The molecule has 0 saturated carbocycles. The van der Waals surface area contributed by atoms with E-state index < -0.39 is 6.10 Å². The van der Waals surface area contributed by atoms with Crippen LogP contribution in [0.15, 0.2) is 6.07 Å². The SMILES string of the molecule is Cc1cc(C(O)CNC(C)(C)C)nnc1N. The summed E-state index contributed by atoms with van der Waals surface area (Å²) < 4.78 is 0. The Balaban J connectivity index is 2.66. The van der Waals surface area contributed by atoms with Crippen LogP contribution < -0.4 is 11.1 Å². The number of aliphatic hydroxyl groups excluding tert-OH is 1. The van der Waals surface area contributed by atoms with Crippen molar-refractivity contribution >= 4 is 5.82 Å². The summed E-state index contributed by atoms with van der Waals surface area (Å²) in [6.07, 6.45) is -0.661. The maximum Gasteiger partial charge on any atom is 0.149 e. The third-order valence-electron chi connectivity index (χ3n) is 2.21. The lowest BCUT2D eigenvalue weighted by atomic mass is 10.1. The van der Waals surface area contributed by atoms with Crippen molar-refractivity contribution in [2.75, 3.05) is 12.3 Å². The number of anilines is 1. The Bertz CT molecular complexity index is 359. The molecule has 1 heterocycles. The van der Waals surface area contributed by atoms with Crippen LogP contribution in [0.4, 0.5) is 5.82 Å². The van der Waals surface area contributed by atoms with Crippen LogP contribution in [0.1, 0.15) is 38.1 Å². The monoisotopic (exact) mass is 224 g/mol. The zero-order valence-corrected chi connectivity index (χ0v) is 10.3. The summed E-state index contributed by atoms with van der Waals surface area (Å²) in [5, 5.41) is 20.8. The number of aliphatic hydroxyl groups is 1. The number of hydrogen-bond donors (Lipinski definition) is 3. The summed E-state index contributed by atoms with van der Waals surface area (Å²) in [7, 11) is 0. The van der Waals surface area contributed by atoms with Crippen LogP contribution in [-0.2, 0) is 0 Å². The van der Waals surface area contributed by atoms with Crippen molar-refractivity contribution in [3.63, 3.8) is 0 Å². The average Bonchev–Trinajstić information content (AvgIpc) is 2.17. The summed E-state index contributed by atoms with van der Waals surface area (Å²) in [6, 6.07) is 1.76. The molecule has 0 aromatic carbocycles. The maximum atomic E-state index is 9.89. The van der Waals surface area contributed by atoms with Crippen LogP contribution >= 0.6 is 0 Å². The molecule has 1 aromatic heterocycles. The molecule has 1 rings (SSSR count). The predicted octanol–water partition coefficient (Wildman–Crippen LogP) is 0.789. The molecule has 5 heteroatoms. The lowest BCUT2D eigenvalue weighted by Gasteiger charge is -2.22. The van der Waals surface area contributed by atoms with E-state index in [4.69, 9.17) is 5.73 Å². The molecular weight excluding hydrogens is 204 g/mol. The molecule has 0 fully saturated rings. The van der Waals surface area contributed by atoms with Crippen molar-refractivity contribution in [1.29, 1.82) is 0 Å². The van der Waals surface area contributed by atoms with Gasteiger partial charge in [0.25, 0.3) is 0 Å². The topological polar surface area (TPSA) is 84.1 Å². The standard InChI is InChI=1S/C11H20N4O/c1-7-5-8(14-15-10(7)12)9(16)6-13-11(2,3)4/h5,9,13,16H,6H2,1-4H3,(H2,12,15). The van der Waals surface area contributed by atoms with Crippen LogP contribution in [0.2, 0.25) is 0 Å². The van der Waals surface area contributed by atoms with E-state index in [1.54, 1.807) is 6.07 Å². The van der Waals surface area contributed by atoms with Crippen molar-refractivity contribution < 1.29 is 5.11 Å². The van der Waals surface area contributed by atoms with Gasteiger partial charge in [0.2, 0.25) is 0 Å². The van der Waals surface area contributed by atoms with Crippen LogP contribution in [0, 0.1) is 6.92 Å². The summed E-state index contributed by atoms with van der Waals surface area (Å²) in [5.41, 5.74) is 6.91. The highest BCUT2D eigenvalue weighted by Crippen LogP contribution is 2.13. The Kier molecular flexibility index (Phi) is 3.83. The van der Waals surface area contributed by atoms with E-state index in [0.29, 0.717) is 18.1 Å². The molecule has 16 heavy (non-hydrogen) atoms. The van der Waals surface area contributed by atoms with Gasteiger partial charge in [0.1, 0.15) is 11.9 Å². The van der Waals surface area contributed by atoms with Crippen LogP contribution in [0.5, 0.6) is 0 Å². The molecular formula is C11H20N4O. The fourth-order valence-electron chi connectivity index (χ4n) is 1.19. The number of rotatable bonds is 3. The Labute approximate surface area is 96.1 Å². The minimum atomic E-state index is -0.661. The first-order chi connectivity index (χ1) is 7.29. The molecule has 1 atom stereocenters. The van der Waals surface area contributed by atoms with Crippen molar-refractivity contribution in [2.24, 2.45) is 0 Å². The lowest BCUT2D eigenvalue weighted by Crippen LogP contribution is -2.38. The van der Waals surface area contributed by atoms with Gasteiger partial charge in [-0.25, -0.2) is 0 Å².